The molecule has 16 heavy (non-hydrogen) atoms. The normalized spacial score (nSPS) is 21.2. The van der Waals surface area contributed by atoms with E-state index in [1.165, 1.54) is 43.4 Å². The summed E-state index contributed by atoms with van der Waals surface area (Å²) in [6.45, 7) is 1.07. The van der Waals surface area contributed by atoms with Crippen LogP contribution >= 0.6 is 0 Å². The summed E-state index contributed by atoms with van der Waals surface area (Å²) in [5, 5.41) is 12.4. The molecule has 0 unspecified atom stereocenters. The van der Waals surface area contributed by atoms with E-state index in [1.807, 2.05) is 12.1 Å². The second kappa shape index (κ2) is 3.52. The Hall–Kier alpha value is -1.49. The minimum absolute atomic E-state index is 0.377. The summed E-state index contributed by atoms with van der Waals surface area (Å²) < 4.78 is 0. The number of anilines is 1. The maximum Gasteiger partial charge on any atom is 0.0992 e. The van der Waals surface area contributed by atoms with E-state index in [0.717, 1.165) is 12.1 Å². The molecule has 1 fully saturated rings. The standard InChI is InChI=1S/C14H16N2/c15-9-11-4-5-12-13(8-11)16-10-14(12)6-2-1-3-7-14/h4-5,8,16H,1-3,6-7,10H2. The lowest BCUT2D eigenvalue weighted by atomic mass is 9.71. The highest BCUT2D eigenvalue weighted by Crippen LogP contribution is 2.46. The van der Waals surface area contributed by atoms with E-state index in [4.69, 9.17) is 5.26 Å². The fourth-order valence-corrected chi connectivity index (χ4v) is 3.26. The Balaban J connectivity index is 2.02. The summed E-state index contributed by atoms with van der Waals surface area (Å²) in [4.78, 5) is 0. The fourth-order valence-electron chi connectivity index (χ4n) is 3.26. The molecule has 0 amide bonds. The quantitative estimate of drug-likeness (QED) is 0.717. The number of fused-ring (bicyclic) bond motifs is 2. The number of benzene rings is 1. The van der Waals surface area contributed by atoms with Crippen molar-refractivity contribution in [3.8, 4) is 6.07 Å². The van der Waals surface area contributed by atoms with Gasteiger partial charge < -0.3 is 5.32 Å². The molecule has 0 atom stereocenters. The van der Waals surface area contributed by atoms with Crippen LogP contribution in [0.5, 0.6) is 0 Å². The van der Waals surface area contributed by atoms with Crippen LogP contribution < -0.4 is 5.32 Å². The van der Waals surface area contributed by atoms with E-state index in [2.05, 4.69) is 17.5 Å². The number of nitrogens with zero attached hydrogens (tertiary/aromatic N) is 1. The Morgan fingerprint density at radius 3 is 2.75 bits per heavy atom. The van der Waals surface area contributed by atoms with Crippen molar-refractivity contribution in [2.24, 2.45) is 0 Å². The molecule has 1 aromatic carbocycles. The van der Waals surface area contributed by atoms with E-state index < -0.39 is 0 Å². The number of nitriles is 1. The van der Waals surface area contributed by atoms with Gasteiger partial charge in [0.25, 0.3) is 0 Å². The molecule has 2 aliphatic rings. The van der Waals surface area contributed by atoms with E-state index in [0.29, 0.717) is 5.41 Å². The van der Waals surface area contributed by atoms with Crippen LogP contribution in [0, 0.1) is 11.3 Å². The fraction of sp³-hybridized carbons (Fsp3) is 0.500. The van der Waals surface area contributed by atoms with Crippen molar-refractivity contribution in [3.63, 3.8) is 0 Å². The molecule has 1 saturated carbocycles. The summed E-state index contributed by atoms with van der Waals surface area (Å²) in [6.07, 6.45) is 6.69. The van der Waals surface area contributed by atoms with Gasteiger partial charge in [-0.15, -0.1) is 0 Å². The van der Waals surface area contributed by atoms with Crippen molar-refractivity contribution in [2.45, 2.75) is 37.5 Å². The van der Waals surface area contributed by atoms with Crippen molar-refractivity contribution in [1.82, 2.24) is 0 Å². The van der Waals surface area contributed by atoms with Crippen LogP contribution in [0.3, 0.4) is 0 Å². The van der Waals surface area contributed by atoms with Gasteiger partial charge in [0.15, 0.2) is 0 Å². The predicted molar refractivity (Wildman–Crippen MR) is 64.4 cm³/mol. The zero-order valence-corrected chi connectivity index (χ0v) is 9.42. The first-order valence-electron chi connectivity index (χ1n) is 6.13. The van der Waals surface area contributed by atoms with Crippen LogP contribution in [-0.2, 0) is 5.41 Å². The molecule has 1 spiro atoms. The van der Waals surface area contributed by atoms with Gasteiger partial charge in [0.1, 0.15) is 0 Å². The zero-order chi connectivity index (χ0) is 11.0. The van der Waals surface area contributed by atoms with Gasteiger partial charge in [-0.05, 0) is 30.5 Å². The molecule has 0 radical (unpaired) electrons. The van der Waals surface area contributed by atoms with Crippen molar-refractivity contribution in [3.05, 3.63) is 29.3 Å². The van der Waals surface area contributed by atoms with Crippen molar-refractivity contribution >= 4 is 5.69 Å². The molecule has 1 N–H and O–H groups in total. The Labute approximate surface area is 96.3 Å². The van der Waals surface area contributed by atoms with Crippen LogP contribution in [0.25, 0.3) is 0 Å². The third kappa shape index (κ3) is 1.31. The van der Waals surface area contributed by atoms with Gasteiger partial charge in [0.2, 0.25) is 0 Å². The Morgan fingerprint density at radius 2 is 2.00 bits per heavy atom. The Morgan fingerprint density at radius 1 is 1.19 bits per heavy atom. The van der Waals surface area contributed by atoms with Crippen molar-refractivity contribution in [2.75, 3.05) is 11.9 Å². The van der Waals surface area contributed by atoms with Gasteiger partial charge in [-0.3, -0.25) is 0 Å². The number of nitrogens with one attached hydrogen (secondary N) is 1. The molecular formula is C14H16N2. The molecule has 82 valence electrons. The van der Waals surface area contributed by atoms with Gasteiger partial charge in [0.05, 0.1) is 11.6 Å². The predicted octanol–water partition coefficient (Wildman–Crippen LogP) is 3.19. The molecular weight excluding hydrogens is 196 g/mol. The number of hydrogen-bond acceptors (Lipinski definition) is 2. The Bertz CT molecular complexity index is 450. The molecule has 1 aromatic rings. The summed E-state index contributed by atoms with van der Waals surface area (Å²) in [6, 6.07) is 8.33. The zero-order valence-electron chi connectivity index (χ0n) is 9.42. The first-order valence-corrected chi connectivity index (χ1v) is 6.13. The molecule has 0 bridgehead atoms. The summed E-state index contributed by atoms with van der Waals surface area (Å²) >= 11 is 0. The summed E-state index contributed by atoms with van der Waals surface area (Å²) in [5.74, 6) is 0. The molecule has 0 saturated heterocycles. The van der Waals surface area contributed by atoms with Gasteiger partial charge >= 0.3 is 0 Å². The minimum atomic E-state index is 0.377. The molecule has 0 aromatic heterocycles. The maximum absolute atomic E-state index is 8.89. The van der Waals surface area contributed by atoms with E-state index >= 15 is 0 Å². The Kier molecular flexibility index (Phi) is 2.14. The van der Waals surface area contributed by atoms with Gasteiger partial charge in [-0.1, -0.05) is 25.3 Å². The van der Waals surface area contributed by atoms with Crippen LogP contribution in [-0.4, -0.2) is 6.54 Å². The van der Waals surface area contributed by atoms with E-state index in [1.54, 1.807) is 0 Å². The smallest absolute Gasteiger partial charge is 0.0992 e. The third-order valence-electron chi connectivity index (χ3n) is 4.15. The maximum atomic E-state index is 8.89. The first-order chi connectivity index (χ1) is 7.84. The van der Waals surface area contributed by atoms with Crippen LogP contribution in [0.15, 0.2) is 18.2 Å². The molecule has 2 heteroatoms. The van der Waals surface area contributed by atoms with Crippen LogP contribution in [0.2, 0.25) is 0 Å². The summed E-state index contributed by atoms with van der Waals surface area (Å²) in [7, 11) is 0. The molecule has 1 aliphatic heterocycles. The lowest BCUT2D eigenvalue weighted by molar-refractivity contribution is 0.319. The number of rotatable bonds is 0. The van der Waals surface area contributed by atoms with Gasteiger partial charge in [-0.2, -0.15) is 5.26 Å². The molecule has 1 aliphatic carbocycles. The monoisotopic (exact) mass is 212 g/mol. The second-order valence-corrected chi connectivity index (χ2v) is 5.07. The number of hydrogen-bond donors (Lipinski definition) is 1. The molecule has 3 rings (SSSR count). The van der Waals surface area contributed by atoms with Crippen molar-refractivity contribution < 1.29 is 0 Å². The lowest BCUT2D eigenvalue weighted by Crippen LogP contribution is -2.30. The largest absolute Gasteiger partial charge is 0.384 e. The average Bonchev–Trinajstić information content (AvgIpc) is 2.69. The highest BCUT2D eigenvalue weighted by Gasteiger charge is 2.39. The van der Waals surface area contributed by atoms with E-state index in [9.17, 15) is 0 Å². The second-order valence-electron chi connectivity index (χ2n) is 5.07. The van der Waals surface area contributed by atoms with Crippen LogP contribution in [0.1, 0.15) is 43.2 Å². The van der Waals surface area contributed by atoms with Gasteiger partial charge in [0, 0.05) is 17.6 Å². The highest BCUT2D eigenvalue weighted by molar-refractivity contribution is 5.63. The highest BCUT2D eigenvalue weighted by atomic mass is 14.9. The van der Waals surface area contributed by atoms with Crippen LogP contribution in [0.4, 0.5) is 5.69 Å². The SMILES string of the molecule is N#Cc1ccc2c(c1)NCC21CCCCC1. The lowest BCUT2D eigenvalue weighted by Gasteiger charge is -2.33. The molecule has 1 heterocycles. The van der Waals surface area contributed by atoms with E-state index in [-0.39, 0.29) is 0 Å². The first kappa shape index (κ1) is 9.72. The minimum Gasteiger partial charge on any atom is -0.384 e. The van der Waals surface area contributed by atoms with Crippen molar-refractivity contribution in [1.29, 1.82) is 5.26 Å². The van der Waals surface area contributed by atoms with Gasteiger partial charge in [-0.25, -0.2) is 0 Å². The topological polar surface area (TPSA) is 35.8 Å². The molecule has 2 nitrogen and oxygen atoms in total. The third-order valence-corrected chi connectivity index (χ3v) is 4.15. The average molecular weight is 212 g/mol. The summed E-state index contributed by atoms with van der Waals surface area (Å²) in [5.41, 5.74) is 3.79.